The normalized spacial score (nSPS) is 10.8. The number of halogens is 1. The number of para-hydroxylation sites is 1. The standard InChI is InChI=1S/C17H15FN2O/c1-12-6-7-16-13(10-12)8-9-20(16)11-17(21)19-15-5-3-2-4-14(15)18/h2-10H,11H2,1H3,(H,19,21). The SMILES string of the molecule is Cc1ccc2c(ccn2CC(=O)Nc2ccccc2F)c1. The molecule has 3 nitrogen and oxygen atoms in total. The Morgan fingerprint density at radius 2 is 2.00 bits per heavy atom. The second-order valence-corrected chi connectivity index (χ2v) is 5.03. The summed E-state index contributed by atoms with van der Waals surface area (Å²) in [5, 5.41) is 3.68. The Morgan fingerprint density at radius 1 is 1.19 bits per heavy atom. The fourth-order valence-corrected chi connectivity index (χ4v) is 2.36. The van der Waals surface area contributed by atoms with E-state index in [1.165, 1.54) is 11.6 Å². The van der Waals surface area contributed by atoms with E-state index >= 15 is 0 Å². The van der Waals surface area contributed by atoms with E-state index in [0.717, 1.165) is 10.9 Å². The lowest BCUT2D eigenvalue weighted by molar-refractivity contribution is -0.116. The van der Waals surface area contributed by atoms with E-state index in [9.17, 15) is 9.18 Å². The van der Waals surface area contributed by atoms with Crippen molar-refractivity contribution in [2.45, 2.75) is 13.5 Å². The third-order valence-corrected chi connectivity index (χ3v) is 3.39. The van der Waals surface area contributed by atoms with Crippen LogP contribution in [0.3, 0.4) is 0 Å². The summed E-state index contributed by atoms with van der Waals surface area (Å²) >= 11 is 0. The number of nitrogens with zero attached hydrogens (tertiary/aromatic N) is 1. The number of nitrogens with one attached hydrogen (secondary N) is 1. The summed E-state index contributed by atoms with van der Waals surface area (Å²) in [6, 6.07) is 14.2. The van der Waals surface area contributed by atoms with Crippen LogP contribution in [0.1, 0.15) is 5.56 Å². The second kappa shape index (κ2) is 5.40. The van der Waals surface area contributed by atoms with Gasteiger partial charge in [-0.05, 0) is 42.6 Å². The van der Waals surface area contributed by atoms with Crippen LogP contribution in [0.25, 0.3) is 10.9 Å². The number of rotatable bonds is 3. The van der Waals surface area contributed by atoms with Gasteiger partial charge in [0.25, 0.3) is 0 Å². The zero-order valence-corrected chi connectivity index (χ0v) is 11.6. The van der Waals surface area contributed by atoms with Crippen LogP contribution in [0.2, 0.25) is 0 Å². The van der Waals surface area contributed by atoms with Crippen molar-refractivity contribution in [1.82, 2.24) is 4.57 Å². The maximum absolute atomic E-state index is 13.5. The first kappa shape index (κ1) is 13.4. The Kier molecular flexibility index (Phi) is 3.44. The molecule has 0 bridgehead atoms. The van der Waals surface area contributed by atoms with Crippen molar-refractivity contribution < 1.29 is 9.18 Å². The number of fused-ring (bicyclic) bond motifs is 1. The molecule has 3 rings (SSSR count). The van der Waals surface area contributed by atoms with Crippen molar-refractivity contribution in [3.8, 4) is 0 Å². The van der Waals surface area contributed by atoms with Crippen LogP contribution in [0.4, 0.5) is 10.1 Å². The van der Waals surface area contributed by atoms with E-state index in [1.54, 1.807) is 18.2 Å². The van der Waals surface area contributed by atoms with Crippen LogP contribution in [0.5, 0.6) is 0 Å². The van der Waals surface area contributed by atoms with Gasteiger partial charge in [-0.2, -0.15) is 0 Å². The van der Waals surface area contributed by atoms with Crippen molar-refractivity contribution in [1.29, 1.82) is 0 Å². The molecule has 1 aromatic heterocycles. The van der Waals surface area contributed by atoms with Gasteiger partial charge in [0.15, 0.2) is 0 Å². The molecule has 0 spiro atoms. The van der Waals surface area contributed by atoms with Crippen LogP contribution in [0.15, 0.2) is 54.7 Å². The number of aryl methyl sites for hydroxylation is 1. The first-order valence-corrected chi connectivity index (χ1v) is 6.73. The minimum absolute atomic E-state index is 0.154. The summed E-state index contributed by atoms with van der Waals surface area (Å²) in [6.45, 7) is 2.18. The van der Waals surface area contributed by atoms with Gasteiger partial charge in [0.2, 0.25) is 5.91 Å². The summed E-state index contributed by atoms with van der Waals surface area (Å²) in [5.41, 5.74) is 2.37. The summed E-state index contributed by atoms with van der Waals surface area (Å²) in [4.78, 5) is 12.0. The molecular weight excluding hydrogens is 267 g/mol. The van der Waals surface area contributed by atoms with Crippen LogP contribution >= 0.6 is 0 Å². The van der Waals surface area contributed by atoms with Gasteiger partial charge in [0.05, 0.1) is 5.69 Å². The highest BCUT2D eigenvalue weighted by atomic mass is 19.1. The van der Waals surface area contributed by atoms with E-state index in [0.29, 0.717) is 0 Å². The number of benzene rings is 2. The molecule has 0 saturated carbocycles. The number of hydrogen-bond donors (Lipinski definition) is 1. The number of amides is 1. The smallest absolute Gasteiger partial charge is 0.244 e. The van der Waals surface area contributed by atoms with Gasteiger partial charge in [0.1, 0.15) is 12.4 Å². The van der Waals surface area contributed by atoms with Gasteiger partial charge in [-0.15, -0.1) is 0 Å². The molecule has 0 saturated heterocycles. The fraction of sp³-hybridized carbons (Fsp3) is 0.118. The fourth-order valence-electron chi connectivity index (χ4n) is 2.36. The van der Waals surface area contributed by atoms with Gasteiger partial charge in [0, 0.05) is 11.7 Å². The quantitative estimate of drug-likeness (QED) is 0.780. The van der Waals surface area contributed by atoms with Gasteiger partial charge in [-0.3, -0.25) is 4.79 Å². The number of carbonyl (C=O) groups excluding carboxylic acids is 1. The first-order chi connectivity index (χ1) is 10.1. The minimum atomic E-state index is -0.432. The largest absolute Gasteiger partial charge is 0.338 e. The zero-order chi connectivity index (χ0) is 14.8. The highest BCUT2D eigenvalue weighted by Gasteiger charge is 2.09. The number of anilines is 1. The Hall–Kier alpha value is -2.62. The molecule has 0 atom stereocenters. The average molecular weight is 282 g/mol. The molecule has 0 aliphatic heterocycles. The molecule has 0 unspecified atom stereocenters. The summed E-state index contributed by atoms with van der Waals surface area (Å²) in [6.07, 6.45) is 1.87. The third kappa shape index (κ3) is 2.79. The maximum atomic E-state index is 13.5. The Morgan fingerprint density at radius 3 is 2.81 bits per heavy atom. The molecule has 106 valence electrons. The Balaban J connectivity index is 1.79. The highest BCUT2D eigenvalue weighted by molar-refractivity contribution is 5.92. The van der Waals surface area contributed by atoms with Crippen molar-refractivity contribution in [3.63, 3.8) is 0 Å². The predicted molar refractivity (Wildman–Crippen MR) is 81.7 cm³/mol. The lowest BCUT2D eigenvalue weighted by atomic mass is 10.2. The van der Waals surface area contributed by atoms with Crippen LogP contribution in [-0.2, 0) is 11.3 Å². The number of carbonyl (C=O) groups is 1. The molecule has 1 heterocycles. The second-order valence-electron chi connectivity index (χ2n) is 5.03. The van der Waals surface area contributed by atoms with Gasteiger partial charge in [-0.25, -0.2) is 4.39 Å². The van der Waals surface area contributed by atoms with Crippen LogP contribution < -0.4 is 5.32 Å². The molecule has 3 aromatic rings. The summed E-state index contributed by atoms with van der Waals surface area (Å²) in [5.74, 6) is -0.683. The van der Waals surface area contributed by atoms with Gasteiger partial charge in [-0.1, -0.05) is 23.8 Å². The van der Waals surface area contributed by atoms with Gasteiger partial charge < -0.3 is 9.88 Å². The molecule has 0 aliphatic carbocycles. The van der Waals surface area contributed by atoms with E-state index in [4.69, 9.17) is 0 Å². The Labute approximate surface area is 122 Å². The van der Waals surface area contributed by atoms with Crippen molar-refractivity contribution in [2.75, 3.05) is 5.32 Å². The summed E-state index contributed by atoms with van der Waals surface area (Å²) in [7, 11) is 0. The Bertz CT molecular complexity index is 807. The highest BCUT2D eigenvalue weighted by Crippen LogP contribution is 2.18. The molecule has 1 N–H and O–H groups in total. The third-order valence-electron chi connectivity index (χ3n) is 3.39. The van der Waals surface area contributed by atoms with Crippen LogP contribution in [0, 0.1) is 12.7 Å². The zero-order valence-electron chi connectivity index (χ0n) is 11.6. The molecule has 0 radical (unpaired) electrons. The molecule has 21 heavy (non-hydrogen) atoms. The lowest BCUT2D eigenvalue weighted by Crippen LogP contribution is -2.18. The lowest BCUT2D eigenvalue weighted by Gasteiger charge is -2.08. The minimum Gasteiger partial charge on any atom is -0.338 e. The maximum Gasteiger partial charge on any atom is 0.244 e. The molecule has 0 aliphatic rings. The average Bonchev–Trinajstić information content (AvgIpc) is 2.83. The van der Waals surface area contributed by atoms with Crippen molar-refractivity contribution in [2.24, 2.45) is 0 Å². The van der Waals surface area contributed by atoms with E-state index in [1.807, 2.05) is 35.9 Å². The molecule has 2 aromatic carbocycles. The number of hydrogen-bond acceptors (Lipinski definition) is 1. The van der Waals surface area contributed by atoms with E-state index in [2.05, 4.69) is 11.4 Å². The molecule has 1 amide bonds. The molecular formula is C17H15FN2O. The monoisotopic (exact) mass is 282 g/mol. The van der Waals surface area contributed by atoms with Gasteiger partial charge >= 0.3 is 0 Å². The molecule has 0 fully saturated rings. The van der Waals surface area contributed by atoms with Crippen LogP contribution in [-0.4, -0.2) is 10.5 Å². The first-order valence-electron chi connectivity index (χ1n) is 6.73. The summed E-state index contributed by atoms with van der Waals surface area (Å²) < 4.78 is 15.4. The topological polar surface area (TPSA) is 34.0 Å². The van der Waals surface area contributed by atoms with E-state index in [-0.39, 0.29) is 18.1 Å². The van der Waals surface area contributed by atoms with Crippen molar-refractivity contribution in [3.05, 3.63) is 66.1 Å². The predicted octanol–water partition coefficient (Wildman–Crippen LogP) is 3.73. The molecule has 4 heteroatoms. The number of aromatic nitrogens is 1. The van der Waals surface area contributed by atoms with E-state index < -0.39 is 5.82 Å². The van der Waals surface area contributed by atoms with Crippen molar-refractivity contribution >= 4 is 22.5 Å².